The van der Waals surface area contributed by atoms with Crippen molar-refractivity contribution in [3.63, 3.8) is 0 Å². The van der Waals surface area contributed by atoms with E-state index in [4.69, 9.17) is 4.74 Å². The maximum absolute atomic E-state index is 11.4. The standard InChI is InChI=1S/C14H22O2/c1-9(2)13(15)16-8-12-7-10(3)11(4)14(12,5)6/h7,9H,8H2,1-6H3. The van der Waals surface area contributed by atoms with Gasteiger partial charge in [-0.1, -0.05) is 44.9 Å². The van der Waals surface area contributed by atoms with Crippen LogP contribution in [-0.4, -0.2) is 12.6 Å². The first-order chi connectivity index (χ1) is 7.26. The number of hydrogen-bond acceptors (Lipinski definition) is 2. The van der Waals surface area contributed by atoms with Crippen LogP contribution < -0.4 is 0 Å². The lowest BCUT2D eigenvalue weighted by Gasteiger charge is -2.25. The Bertz CT molecular complexity index is 357. The molecule has 0 radical (unpaired) electrons. The van der Waals surface area contributed by atoms with Gasteiger partial charge in [0.15, 0.2) is 0 Å². The zero-order chi connectivity index (χ0) is 12.5. The molecule has 0 aromatic heterocycles. The summed E-state index contributed by atoms with van der Waals surface area (Å²) < 4.78 is 5.29. The normalized spacial score (nSPS) is 19.1. The number of allylic oxidation sites excluding steroid dienone is 3. The van der Waals surface area contributed by atoms with Crippen molar-refractivity contribution in [2.75, 3.05) is 6.61 Å². The van der Waals surface area contributed by atoms with Gasteiger partial charge in [0.25, 0.3) is 0 Å². The number of hydrogen-bond donors (Lipinski definition) is 0. The second-order valence-electron chi connectivity index (χ2n) is 5.36. The van der Waals surface area contributed by atoms with E-state index in [1.165, 1.54) is 16.7 Å². The zero-order valence-electron chi connectivity index (χ0n) is 11.2. The average molecular weight is 222 g/mol. The van der Waals surface area contributed by atoms with E-state index in [2.05, 4.69) is 33.8 Å². The molecular formula is C14H22O2. The van der Waals surface area contributed by atoms with Gasteiger partial charge in [-0.15, -0.1) is 0 Å². The Labute approximate surface area is 98.4 Å². The summed E-state index contributed by atoms with van der Waals surface area (Å²) in [6.45, 7) is 12.7. The highest BCUT2D eigenvalue weighted by Crippen LogP contribution is 2.42. The summed E-state index contributed by atoms with van der Waals surface area (Å²) >= 11 is 0. The van der Waals surface area contributed by atoms with Crippen molar-refractivity contribution >= 4 is 5.97 Å². The van der Waals surface area contributed by atoms with Crippen molar-refractivity contribution in [1.82, 2.24) is 0 Å². The average Bonchev–Trinajstić information content (AvgIpc) is 2.38. The Morgan fingerprint density at radius 1 is 1.38 bits per heavy atom. The van der Waals surface area contributed by atoms with Crippen LogP contribution in [0.1, 0.15) is 41.5 Å². The van der Waals surface area contributed by atoms with Crippen LogP contribution in [0.5, 0.6) is 0 Å². The van der Waals surface area contributed by atoms with Crippen LogP contribution in [0.15, 0.2) is 22.8 Å². The first-order valence-corrected chi connectivity index (χ1v) is 5.82. The Morgan fingerprint density at radius 3 is 2.31 bits per heavy atom. The molecule has 0 atom stereocenters. The van der Waals surface area contributed by atoms with Gasteiger partial charge in [-0.3, -0.25) is 4.79 Å². The fourth-order valence-corrected chi connectivity index (χ4v) is 1.82. The lowest BCUT2D eigenvalue weighted by Crippen LogP contribution is -2.20. The van der Waals surface area contributed by atoms with Crippen LogP contribution in [0.25, 0.3) is 0 Å². The molecule has 1 aliphatic carbocycles. The van der Waals surface area contributed by atoms with E-state index in [0.717, 1.165) is 0 Å². The molecule has 0 unspecified atom stereocenters. The minimum Gasteiger partial charge on any atom is -0.461 e. The van der Waals surface area contributed by atoms with Gasteiger partial charge in [0.05, 0.1) is 5.92 Å². The molecule has 90 valence electrons. The summed E-state index contributed by atoms with van der Waals surface area (Å²) in [5.41, 5.74) is 3.88. The van der Waals surface area contributed by atoms with Gasteiger partial charge in [-0.2, -0.15) is 0 Å². The minimum atomic E-state index is -0.126. The molecule has 0 fully saturated rings. The quantitative estimate of drug-likeness (QED) is 0.683. The highest BCUT2D eigenvalue weighted by atomic mass is 16.5. The Balaban J connectivity index is 2.66. The summed E-state index contributed by atoms with van der Waals surface area (Å²) in [4.78, 5) is 11.4. The molecule has 0 heterocycles. The molecule has 0 bridgehead atoms. The van der Waals surface area contributed by atoms with Gasteiger partial charge in [0.2, 0.25) is 0 Å². The van der Waals surface area contributed by atoms with E-state index in [1.807, 2.05) is 13.8 Å². The van der Waals surface area contributed by atoms with Crippen LogP contribution in [0.4, 0.5) is 0 Å². The van der Waals surface area contributed by atoms with Crippen molar-refractivity contribution in [3.05, 3.63) is 22.8 Å². The fraction of sp³-hybridized carbons (Fsp3) is 0.643. The summed E-state index contributed by atoms with van der Waals surface area (Å²) in [5.74, 6) is -0.181. The zero-order valence-corrected chi connectivity index (χ0v) is 11.2. The van der Waals surface area contributed by atoms with E-state index in [-0.39, 0.29) is 17.3 Å². The molecule has 0 saturated heterocycles. The van der Waals surface area contributed by atoms with E-state index >= 15 is 0 Å². The fourth-order valence-electron chi connectivity index (χ4n) is 1.82. The maximum atomic E-state index is 11.4. The molecule has 0 N–H and O–H groups in total. The molecule has 16 heavy (non-hydrogen) atoms. The van der Waals surface area contributed by atoms with Gasteiger partial charge in [0, 0.05) is 5.41 Å². The molecule has 0 aliphatic heterocycles. The molecule has 1 rings (SSSR count). The Morgan fingerprint density at radius 2 is 1.94 bits per heavy atom. The predicted octanol–water partition coefficient (Wildman–Crippen LogP) is 3.49. The molecule has 0 aromatic carbocycles. The van der Waals surface area contributed by atoms with Crippen LogP contribution >= 0.6 is 0 Å². The van der Waals surface area contributed by atoms with Crippen LogP contribution in [0, 0.1) is 11.3 Å². The molecule has 2 heteroatoms. The lowest BCUT2D eigenvalue weighted by atomic mass is 9.81. The van der Waals surface area contributed by atoms with Crippen molar-refractivity contribution in [1.29, 1.82) is 0 Å². The molecule has 2 nitrogen and oxygen atoms in total. The topological polar surface area (TPSA) is 26.3 Å². The van der Waals surface area contributed by atoms with Gasteiger partial charge >= 0.3 is 5.97 Å². The molecule has 0 amide bonds. The first-order valence-electron chi connectivity index (χ1n) is 5.82. The van der Waals surface area contributed by atoms with Gasteiger partial charge in [-0.05, 0) is 19.4 Å². The van der Waals surface area contributed by atoms with E-state index in [9.17, 15) is 4.79 Å². The number of carbonyl (C=O) groups is 1. The second-order valence-corrected chi connectivity index (χ2v) is 5.36. The summed E-state index contributed by atoms with van der Waals surface area (Å²) in [5, 5.41) is 0. The second kappa shape index (κ2) is 4.44. The SMILES string of the molecule is CC1=C(C)C(C)(C)C(COC(=O)C(C)C)=C1. The van der Waals surface area contributed by atoms with Crippen molar-refractivity contribution in [3.8, 4) is 0 Å². The highest BCUT2D eigenvalue weighted by molar-refractivity contribution is 5.71. The third-order valence-electron chi connectivity index (χ3n) is 3.56. The molecule has 0 spiro atoms. The molecular weight excluding hydrogens is 200 g/mol. The smallest absolute Gasteiger partial charge is 0.308 e. The van der Waals surface area contributed by atoms with Gasteiger partial charge < -0.3 is 4.74 Å². The molecule has 0 saturated carbocycles. The third-order valence-corrected chi connectivity index (χ3v) is 3.56. The van der Waals surface area contributed by atoms with Crippen LogP contribution in [-0.2, 0) is 9.53 Å². The Hall–Kier alpha value is -1.05. The summed E-state index contributed by atoms with van der Waals surface area (Å²) in [7, 11) is 0. The maximum Gasteiger partial charge on any atom is 0.308 e. The first kappa shape index (κ1) is 13.0. The van der Waals surface area contributed by atoms with Crippen molar-refractivity contribution in [2.24, 2.45) is 11.3 Å². The van der Waals surface area contributed by atoms with Crippen LogP contribution in [0.3, 0.4) is 0 Å². The van der Waals surface area contributed by atoms with Gasteiger partial charge in [-0.25, -0.2) is 0 Å². The van der Waals surface area contributed by atoms with E-state index in [1.54, 1.807) is 0 Å². The van der Waals surface area contributed by atoms with E-state index in [0.29, 0.717) is 6.61 Å². The third kappa shape index (κ3) is 2.37. The number of rotatable bonds is 3. The summed E-state index contributed by atoms with van der Waals surface area (Å²) in [6.07, 6.45) is 2.14. The molecule has 1 aliphatic rings. The van der Waals surface area contributed by atoms with Crippen LogP contribution in [0.2, 0.25) is 0 Å². The largest absolute Gasteiger partial charge is 0.461 e. The van der Waals surface area contributed by atoms with Crippen molar-refractivity contribution in [2.45, 2.75) is 41.5 Å². The highest BCUT2D eigenvalue weighted by Gasteiger charge is 2.31. The van der Waals surface area contributed by atoms with E-state index < -0.39 is 0 Å². The van der Waals surface area contributed by atoms with Crippen molar-refractivity contribution < 1.29 is 9.53 Å². The Kier molecular flexibility index (Phi) is 3.61. The lowest BCUT2D eigenvalue weighted by molar-refractivity contribution is -0.146. The summed E-state index contributed by atoms with van der Waals surface area (Å²) in [6, 6.07) is 0. The predicted molar refractivity (Wildman–Crippen MR) is 66.0 cm³/mol. The number of ether oxygens (including phenoxy) is 1. The number of carbonyl (C=O) groups excluding carboxylic acids is 1. The minimum absolute atomic E-state index is 0.0291. The monoisotopic (exact) mass is 222 g/mol. The molecule has 0 aromatic rings. The number of esters is 1. The van der Waals surface area contributed by atoms with Gasteiger partial charge in [0.1, 0.15) is 6.61 Å².